The smallest absolute Gasteiger partial charge is 0.344 e. The van der Waals surface area contributed by atoms with Crippen molar-refractivity contribution in [1.29, 1.82) is 0 Å². The molecule has 0 amide bonds. The maximum atomic E-state index is 12.1. The number of para-hydroxylation sites is 2. The molecule has 0 radical (unpaired) electrons. The fourth-order valence-corrected chi connectivity index (χ4v) is 2.50. The van der Waals surface area contributed by atoms with E-state index in [1.807, 2.05) is 13.0 Å². The Labute approximate surface area is 148 Å². The minimum absolute atomic E-state index is 0.149. The minimum Gasteiger partial charge on any atom is -0.480 e. The van der Waals surface area contributed by atoms with Gasteiger partial charge in [0.25, 0.3) is 5.56 Å². The number of aromatic amines is 1. The summed E-state index contributed by atoms with van der Waals surface area (Å²) < 4.78 is 10.4. The summed E-state index contributed by atoms with van der Waals surface area (Å²) in [6, 6.07) is 12.2. The summed E-state index contributed by atoms with van der Waals surface area (Å²) in [6.07, 6.45) is 0. The van der Waals surface area contributed by atoms with Crippen LogP contribution in [0, 0.1) is 6.92 Å². The summed E-state index contributed by atoms with van der Waals surface area (Å²) in [7, 11) is 0. The Bertz CT molecular complexity index is 984. The standard InChI is InChI=1S/C18H15ClN2O4/c1-11-5-4-6-12-17(11)20-15(21-18(12)23)9-25-16(22)10-24-14-8-3-2-7-13(14)19/h2-8H,9-10H2,1H3,(H,20,21,23). The maximum Gasteiger partial charge on any atom is 0.344 e. The van der Waals surface area contributed by atoms with Gasteiger partial charge in [-0.1, -0.05) is 35.9 Å². The van der Waals surface area contributed by atoms with Crippen LogP contribution in [0.25, 0.3) is 10.9 Å². The number of ether oxygens (including phenoxy) is 2. The monoisotopic (exact) mass is 358 g/mol. The summed E-state index contributed by atoms with van der Waals surface area (Å²) in [5, 5.41) is 0.906. The molecule has 1 N–H and O–H groups in total. The third kappa shape index (κ3) is 3.97. The lowest BCUT2D eigenvalue weighted by Gasteiger charge is -2.08. The summed E-state index contributed by atoms with van der Waals surface area (Å²) in [5.74, 6) is 0.0827. The molecule has 3 aromatic rings. The van der Waals surface area contributed by atoms with E-state index < -0.39 is 5.97 Å². The Balaban J connectivity index is 1.64. The van der Waals surface area contributed by atoms with E-state index in [1.165, 1.54) is 0 Å². The molecule has 7 heteroatoms. The first-order chi connectivity index (χ1) is 12.0. The van der Waals surface area contributed by atoms with Gasteiger partial charge >= 0.3 is 5.97 Å². The zero-order valence-electron chi connectivity index (χ0n) is 13.4. The Morgan fingerprint density at radius 2 is 2.00 bits per heavy atom. The molecule has 1 aromatic heterocycles. The first-order valence-corrected chi connectivity index (χ1v) is 7.94. The Morgan fingerprint density at radius 1 is 1.20 bits per heavy atom. The average molecular weight is 359 g/mol. The molecule has 0 aliphatic rings. The molecular weight excluding hydrogens is 344 g/mol. The number of benzene rings is 2. The Hall–Kier alpha value is -2.86. The van der Waals surface area contributed by atoms with Gasteiger partial charge in [0, 0.05) is 0 Å². The number of halogens is 1. The molecule has 6 nitrogen and oxygen atoms in total. The number of rotatable bonds is 5. The average Bonchev–Trinajstić information content (AvgIpc) is 2.60. The van der Waals surface area contributed by atoms with Crippen molar-refractivity contribution in [2.24, 2.45) is 0 Å². The first kappa shape index (κ1) is 17.0. The lowest BCUT2D eigenvalue weighted by molar-refractivity contribution is -0.147. The topological polar surface area (TPSA) is 81.3 Å². The number of fused-ring (bicyclic) bond motifs is 1. The molecule has 0 saturated heterocycles. The van der Waals surface area contributed by atoms with E-state index in [4.69, 9.17) is 21.1 Å². The van der Waals surface area contributed by atoms with Crippen LogP contribution in [0.3, 0.4) is 0 Å². The van der Waals surface area contributed by atoms with Gasteiger partial charge in [-0.3, -0.25) is 4.79 Å². The van der Waals surface area contributed by atoms with Gasteiger partial charge in [-0.05, 0) is 30.7 Å². The van der Waals surface area contributed by atoms with Gasteiger partial charge in [-0.2, -0.15) is 0 Å². The maximum absolute atomic E-state index is 12.1. The van der Waals surface area contributed by atoms with E-state index in [2.05, 4.69) is 9.97 Å². The van der Waals surface area contributed by atoms with Gasteiger partial charge in [0.2, 0.25) is 0 Å². The van der Waals surface area contributed by atoms with E-state index in [-0.39, 0.29) is 24.6 Å². The zero-order chi connectivity index (χ0) is 17.8. The SMILES string of the molecule is Cc1cccc2c(=O)[nH]c(COC(=O)COc3ccccc3Cl)nc12. The highest BCUT2D eigenvalue weighted by Crippen LogP contribution is 2.22. The van der Waals surface area contributed by atoms with Crippen LogP contribution in [-0.2, 0) is 16.1 Å². The van der Waals surface area contributed by atoms with E-state index >= 15 is 0 Å². The molecule has 0 fully saturated rings. The molecule has 0 atom stereocenters. The number of hydrogen-bond acceptors (Lipinski definition) is 5. The van der Waals surface area contributed by atoms with E-state index in [9.17, 15) is 9.59 Å². The molecule has 0 spiro atoms. The van der Waals surface area contributed by atoms with E-state index in [0.29, 0.717) is 21.7 Å². The second kappa shape index (κ2) is 7.36. The lowest BCUT2D eigenvalue weighted by Crippen LogP contribution is -2.18. The van der Waals surface area contributed by atoms with Crippen LogP contribution in [-0.4, -0.2) is 22.5 Å². The highest BCUT2D eigenvalue weighted by Gasteiger charge is 2.10. The number of hydrogen-bond donors (Lipinski definition) is 1. The van der Waals surface area contributed by atoms with Crippen molar-refractivity contribution in [3.63, 3.8) is 0 Å². The van der Waals surface area contributed by atoms with Crippen molar-refractivity contribution in [1.82, 2.24) is 9.97 Å². The molecule has 0 aliphatic carbocycles. The predicted octanol–water partition coefficient (Wildman–Crippen LogP) is 3.01. The molecule has 0 bridgehead atoms. The van der Waals surface area contributed by atoms with Crippen LogP contribution in [0.1, 0.15) is 11.4 Å². The number of aryl methyl sites for hydroxylation is 1. The largest absolute Gasteiger partial charge is 0.480 e. The number of H-pyrrole nitrogens is 1. The highest BCUT2D eigenvalue weighted by molar-refractivity contribution is 6.32. The van der Waals surface area contributed by atoms with Crippen molar-refractivity contribution >= 4 is 28.5 Å². The first-order valence-electron chi connectivity index (χ1n) is 7.56. The van der Waals surface area contributed by atoms with Crippen LogP contribution in [0.2, 0.25) is 5.02 Å². The molecule has 25 heavy (non-hydrogen) atoms. The summed E-state index contributed by atoms with van der Waals surface area (Å²) in [4.78, 5) is 30.8. The van der Waals surface area contributed by atoms with Gasteiger partial charge in [-0.15, -0.1) is 0 Å². The third-order valence-electron chi connectivity index (χ3n) is 3.54. The minimum atomic E-state index is -0.590. The molecule has 0 saturated carbocycles. The van der Waals surface area contributed by atoms with Crippen LogP contribution < -0.4 is 10.3 Å². The van der Waals surface area contributed by atoms with Crippen LogP contribution in [0.5, 0.6) is 5.75 Å². The number of aromatic nitrogens is 2. The Kier molecular flexibility index (Phi) is 5.00. The number of carbonyl (C=O) groups excluding carboxylic acids is 1. The van der Waals surface area contributed by atoms with Gasteiger partial charge in [-0.25, -0.2) is 9.78 Å². The normalized spacial score (nSPS) is 10.6. The van der Waals surface area contributed by atoms with Crippen molar-refractivity contribution in [3.05, 3.63) is 69.2 Å². The molecule has 0 unspecified atom stereocenters. The number of nitrogens with zero attached hydrogens (tertiary/aromatic N) is 1. The third-order valence-corrected chi connectivity index (χ3v) is 3.85. The zero-order valence-corrected chi connectivity index (χ0v) is 14.2. The van der Waals surface area contributed by atoms with E-state index in [0.717, 1.165) is 5.56 Å². The quantitative estimate of drug-likeness (QED) is 0.709. The predicted molar refractivity (Wildman–Crippen MR) is 93.8 cm³/mol. The number of nitrogens with one attached hydrogen (secondary N) is 1. The van der Waals surface area contributed by atoms with Gasteiger partial charge in [0.05, 0.1) is 15.9 Å². The van der Waals surface area contributed by atoms with Crippen molar-refractivity contribution in [2.75, 3.05) is 6.61 Å². The molecule has 0 aliphatic heterocycles. The van der Waals surface area contributed by atoms with Crippen molar-refractivity contribution in [3.8, 4) is 5.75 Å². The molecule has 128 valence electrons. The summed E-state index contributed by atoms with van der Waals surface area (Å²) >= 11 is 5.94. The fourth-order valence-electron chi connectivity index (χ4n) is 2.31. The van der Waals surface area contributed by atoms with Crippen LogP contribution in [0.15, 0.2) is 47.3 Å². The number of esters is 1. The van der Waals surface area contributed by atoms with Crippen LogP contribution in [0.4, 0.5) is 0 Å². The van der Waals surface area contributed by atoms with Crippen molar-refractivity contribution < 1.29 is 14.3 Å². The van der Waals surface area contributed by atoms with Gasteiger partial charge in [0.15, 0.2) is 6.61 Å². The van der Waals surface area contributed by atoms with Gasteiger partial charge in [0.1, 0.15) is 18.2 Å². The summed E-state index contributed by atoms with van der Waals surface area (Å²) in [6.45, 7) is 1.42. The van der Waals surface area contributed by atoms with E-state index in [1.54, 1.807) is 36.4 Å². The molecule has 2 aromatic carbocycles. The number of carbonyl (C=O) groups is 1. The van der Waals surface area contributed by atoms with Crippen molar-refractivity contribution in [2.45, 2.75) is 13.5 Å². The second-order valence-electron chi connectivity index (χ2n) is 5.36. The lowest BCUT2D eigenvalue weighted by atomic mass is 10.1. The molecular formula is C18H15ClN2O4. The second-order valence-corrected chi connectivity index (χ2v) is 5.77. The Morgan fingerprint density at radius 3 is 2.80 bits per heavy atom. The van der Waals surface area contributed by atoms with Crippen LogP contribution >= 0.6 is 11.6 Å². The fraction of sp³-hybridized carbons (Fsp3) is 0.167. The highest BCUT2D eigenvalue weighted by atomic mass is 35.5. The molecule has 3 rings (SSSR count). The van der Waals surface area contributed by atoms with Gasteiger partial charge < -0.3 is 14.5 Å². The molecule has 1 heterocycles. The summed E-state index contributed by atoms with van der Waals surface area (Å²) in [5.41, 5.74) is 1.19.